The van der Waals surface area contributed by atoms with Crippen molar-refractivity contribution in [3.05, 3.63) is 134 Å². The minimum absolute atomic E-state index is 0.0765. The van der Waals surface area contributed by atoms with Crippen LogP contribution in [-0.2, 0) is 42.2 Å². The van der Waals surface area contributed by atoms with Gasteiger partial charge in [0.25, 0.3) is 0 Å². The van der Waals surface area contributed by atoms with Gasteiger partial charge in [0.2, 0.25) is 0 Å². The molecule has 74 heavy (non-hydrogen) atoms. The summed E-state index contributed by atoms with van der Waals surface area (Å²) < 4.78 is 39.4. The Morgan fingerprint density at radius 1 is 0.378 bits per heavy atom. The number of unbranched alkanes of at least 4 members (excludes halogenated alkanes) is 11. The Bertz CT molecular complexity index is 1750. The second-order valence-corrected chi connectivity index (χ2v) is 19.4. The van der Waals surface area contributed by atoms with Gasteiger partial charge in [0.1, 0.15) is 12.7 Å². The van der Waals surface area contributed by atoms with Crippen LogP contribution in [-0.4, -0.2) is 66.5 Å². The van der Waals surface area contributed by atoms with Crippen LogP contribution in [0.5, 0.6) is 0 Å². The molecule has 0 rings (SSSR count). The fourth-order valence-electron chi connectivity index (χ4n) is 6.89. The van der Waals surface area contributed by atoms with E-state index in [1.54, 1.807) is 0 Å². The number of carbonyl (C=O) groups excluding carboxylic acids is 3. The molecule has 0 saturated heterocycles. The Hall–Kier alpha value is -4.38. The molecular formula is C62H99O11P. The first-order chi connectivity index (χ1) is 36.2. The van der Waals surface area contributed by atoms with Gasteiger partial charge in [-0.15, -0.1) is 0 Å². The highest BCUT2D eigenvalue weighted by Crippen LogP contribution is 2.43. The molecule has 0 saturated carbocycles. The van der Waals surface area contributed by atoms with E-state index in [4.69, 9.17) is 23.3 Å². The van der Waals surface area contributed by atoms with Crippen molar-refractivity contribution >= 4 is 25.7 Å². The lowest BCUT2D eigenvalue weighted by molar-refractivity contribution is -0.161. The van der Waals surface area contributed by atoms with Gasteiger partial charge in [-0.25, -0.2) is 4.57 Å². The number of hydrogen-bond donors (Lipinski definition) is 2. The molecule has 0 fully saturated rings. The monoisotopic (exact) mass is 1050 g/mol. The molecule has 0 spiro atoms. The number of hydrogen-bond acceptors (Lipinski definition) is 10. The van der Waals surface area contributed by atoms with Gasteiger partial charge in [0.15, 0.2) is 6.10 Å². The van der Waals surface area contributed by atoms with E-state index in [1.165, 1.54) is 0 Å². The van der Waals surface area contributed by atoms with Gasteiger partial charge in [-0.3, -0.25) is 23.4 Å². The molecule has 0 aromatic rings. The van der Waals surface area contributed by atoms with E-state index in [-0.39, 0.29) is 25.9 Å². The molecule has 0 bridgehead atoms. The van der Waals surface area contributed by atoms with Crippen LogP contribution in [0.3, 0.4) is 0 Å². The maximum absolute atomic E-state index is 12.9. The van der Waals surface area contributed by atoms with Crippen molar-refractivity contribution in [2.75, 3.05) is 26.4 Å². The molecule has 0 aliphatic rings. The number of ether oxygens (including phenoxy) is 3. The van der Waals surface area contributed by atoms with Gasteiger partial charge in [-0.2, -0.15) is 0 Å². The van der Waals surface area contributed by atoms with Crippen molar-refractivity contribution in [1.29, 1.82) is 0 Å². The Labute approximate surface area is 449 Å². The summed E-state index contributed by atoms with van der Waals surface area (Å²) in [5.41, 5.74) is 0. The van der Waals surface area contributed by atoms with E-state index in [9.17, 15) is 28.9 Å². The Balaban J connectivity index is 4.87. The first-order valence-corrected chi connectivity index (χ1v) is 29.6. The second-order valence-electron chi connectivity index (χ2n) is 18.0. The van der Waals surface area contributed by atoms with Crippen LogP contribution >= 0.6 is 7.82 Å². The third-order valence-electron chi connectivity index (χ3n) is 11.1. The lowest BCUT2D eigenvalue weighted by Gasteiger charge is -2.21. The number of allylic oxidation sites excluding steroid dienone is 22. The standard InChI is InChI=1S/C62H99O11P/c1-4-7-10-13-16-19-22-25-28-29-32-35-38-41-44-47-50-53-62(66)73-59(55-69-60(64)51-48-45-42-39-36-33-30-26-23-20-17-14-11-8-5-2)57-71-74(67,68)70-56-58(54-63)72-61(65)52-49-46-43-40-37-34-31-27-24-21-18-15-12-9-6-3/h7-12,16-21,25-28,30-32,35,41,44,58-59,63H,4-6,13-15,22-24,29,33-34,36-40,42-43,45-57H2,1-3H3,(H,67,68)/b10-7-,11-8-,12-9-,19-16-,20-17-,21-18-,28-25-,30-26-,31-27-,35-32-,44-41-. The average Bonchev–Trinajstić information content (AvgIpc) is 3.39. The summed E-state index contributed by atoms with van der Waals surface area (Å²) in [6, 6.07) is 0. The number of esters is 3. The summed E-state index contributed by atoms with van der Waals surface area (Å²) in [6.45, 7) is 4.18. The minimum atomic E-state index is -4.78. The summed E-state index contributed by atoms with van der Waals surface area (Å²) in [6.07, 6.45) is 68.5. The molecule has 3 unspecified atom stereocenters. The molecule has 0 radical (unpaired) electrons. The van der Waals surface area contributed by atoms with Crippen LogP contribution in [0, 0.1) is 0 Å². The van der Waals surface area contributed by atoms with Crippen LogP contribution in [0.2, 0.25) is 0 Å². The third kappa shape index (κ3) is 52.5. The van der Waals surface area contributed by atoms with E-state index in [0.29, 0.717) is 25.7 Å². The van der Waals surface area contributed by atoms with Crippen LogP contribution < -0.4 is 0 Å². The van der Waals surface area contributed by atoms with Gasteiger partial charge in [0, 0.05) is 19.3 Å². The van der Waals surface area contributed by atoms with Crippen LogP contribution in [0.25, 0.3) is 0 Å². The van der Waals surface area contributed by atoms with E-state index >= 15 is 0 Å². The molecule has 11 nitrogen and oxygen atoms in total. The van der Waals surface area contributed by atoms with Gasteiger partial charge < -0.3 is 24.2 Å². The van der Waals surface area contributed by atoms with Gasteiger partial charge in [-0.1, -0.05) is 193 Å². The van der Waals surface area contributed by atoms with E-state index in [1.807, 2.05) is 12.2 Å². The van der Waals surface area contributed by atoms with Crippen LogP contribution in [0.1, 0.15) is 201 Å². The average molecular weight is 1050 g/mol. The normalized spacial score (nSPS) is 14.4. The van der Waals surface area contributed by atoms with E-state index < -0.39 is 57.8 Å². The first-order valence-electron chi connectivity index (χ1n) is 28.1. The molecule has 12 heteroatoms. The molecule has 0 aliphatic heterocycles. The summed E-state index contributed by atoms with van der Waals surface area (Å²) >= 11 is 0. The smallest absolute Gasteiger partial charge is 0.462 e. The molecular weight excluding hydrogens is 952 g/mol. The number of rotatable bonds is 50. The summed E-state index contributed by atoms with van der Waals surface area (Å²) in [4.78, 5) is 48.5. The quantitative estimate of drug-likeness (QED) is 0.0197. The fourth-order valence-corrected chi connectivity index (χ4v) is 7.67. The second kappa shape index (κ2) is 54.9. The zero-order chi connectivity index (χ0) is 54.1. The Morgan fingerprint density at radius 2 is 0.676 bits per heavy atom. The minimum Gasteiger partial charge on any atom is -0.462 e. The summed E-state index contributed by atoms with van der Waals surface area (Å²) in [7, 11) is -4.78. The van der Waals surface area contributed by atoms with Crippen molar-refractivity contribution in [1.82, 2.24) is 0 Å². The highest BCUT2D eigenvalue weighted by atomic mass is 31.2. The molecule has 0 amide bonds. The summed E-state index contributed by atoms with van der Waals surface area (Å²) in [5, 5.41) is 9.81. The highest BCUT2D eigenvalue weighted by molar-refractivity contribution is 7.47. The molecule has 0 heterocycles. The molecule has 418 valence electrons. The molecule has 0 aliphatic carbocycles. The summed E-state index contributed by atoms with van der Waals surface area (Å²) in [5.74, 6) is -1.59. The third-order valence-corrected chi connectivity index (χ3v) is 12.0. The lowest BCUT2D eigenvalue weighted by Crippen LogP contribution is -2.30. The Kier molecular flexibility index (Phi) is 51.6. The van der Waals surface area contributed by atoms with E-state index in [0.717, 1.165) is 135 Å². The SMILES string of the molecule is CC/C=C\C/C=C\C/C=C\C/C=C\C/C=C\CCCC(=O)OC(COC(=O)CCCCCCC/C=C\C/C=C\C/C=C\CC)COP(=O)(O)OCC(CO)OC(=O)CCCCCCC/C=C\C/C=C\C/C=C\CC. The highest BCUT2D eigenvalue weighted by Gasteiger charge is 2.28. The number of phosphoric ester groups is 1. The van der Waals surface area contributed by atoms with Crippen molar-refractivity contribution in [3.63, 3.8) is 0 Å². The maximum atomic E-state index is 12.9. The van der Waals surface area contributed by atoms with Crippen molar-refractivity contribution < 1.29 is 52.2 Å². The molecule has 3 atom stereocenters. The van der Waals surface area contributed by atoms with E-state index in [2.05, 4.69) is 142 Å². The largest absolute Gasteiger partial charge is 0.472 e. The number of carbonyl (C=O) groups is 3. The first kappa shape index (κ1) is 69.6. The topological polar surface area (TPSA) is 155 Å². The van der Waals surface area contributed by atoms with Crippen molar-refractivity contribution in [2.24, 2.45) is 0 Å². The maximum Gasteiger partial charge on any atom is 0.472 e. The predicted octanol–water partition coefficient (Wildman–Crippen LogP) is 16.6. The lowest BCUT2D eigenvalue weighted by atomic mass is 10.1. The van der Waals surface area contributed by atoms with Crippen LogP contribution in [0.15, 0.2) is 134 Å². The van der Waals surface area contributed by atoms with Crippen molar-refractivity contribution in [3.8, 4) is 0 Å². The number of aliphatic hydroxyl groups is 1. The van der Waals surface area contributed by atoms with Gasteiger partial charge in [-0.05, 0) is 122 Å². The number of aliphatic hydroxyl groups excluding tert-OH is 1. The number of phosphoric acid groups is 1. The van der Waals surface area contributed by atoms with Crippen molar-refractivity contribution in [2.45, 2.75) is 213 Å². The zero-order valence-electron chi connectivity index (χ0n) is 46.0. The fraction of sp³-hybridized carbons (Fsp3) is 0.597. The van der Waals surface area contributed by atoms with Gasteiger partial charge >= 0.3 is 25.7 Å². The van der Waals surface area contributed by atoms with Gasteiger partial charge in [0.05, 0.1) is 19.8 Å². The molecule has 0 aromatic carbocycles. The van der Waals surface area contributed by atoms with Crippen LogP contribution in [0.4, 0.5) is 0 Å². The predicted molar refractivity (Wildman–Crippen MR) is 306 cm³/mol. The Morgan fingerprint density at radius 3 is 1.07 bits per heavy atom. The zero-order valence-corrected chi connectivity index (χ0v) is 46.9. The molecule has 0 aromatic heterocycles. The molecule has 2 N–H and O–H groups in total.